The maximum absolute atomic E-state index is 11.5. The Labute approximate surface area is 110 Å². The van der Waals surface area contributed by atoms with Gasteiger partial charge in [0.2, 0.25) is 0 Å². The molecule has 0 aliphatic heterocycles. The number of rotatable bonds is 5. The van der Waals surface area contributed by atoms with E-state index in [0.717, 1.165) is 5.56 Å². The van der Waals surface area contributed by atoms with Gasteiger partial charge in [-0.3, -0.25) is 0 Å². The summed E-state index contributed by atoms with van der Waals surface area (Å²) in [5.41, 5.74) is 0.729. The van der Waals surface area contributed by atoms with E-state index in [1.807, 2.05) is 6.07 Å². The van der Waals surface area contributed by atoms with Gasteiger partial charge in [-0.25, -0.2) is 15.1 Å². The molecule has 0 fully saturated rings. The zero-order valence-electron chi connectivity index (χ0n) is 9.88. The predicted molar refractivity (Wildman–Crippen MR) is 67.8 cm³/mol. The molecule has 0 unspecified atom stereocenters. The van der Waals surface area contributed by atoms with Crippen LogP contribution in [0.25, 0.3) is 0 Å². The Balaban J connectivity index is 2.18. The van der Waals surface area contributed by atoms with Crippen LogP contribution in [-0.4, -0.2) is 22.9 Å². The zero-order chi connectivity index (χ0) is 13.7. The van der Waals surface area contributed by atoms with Crippen LogP contribution in [0.4, 0.5) is 0 Å². The van der Waals surface area contributed by atoms with E-state index >= 15 is 0 Å². The van der Waals surface area contributed by atoms with Crippen LogP contribution >= 0.6 is 0 Å². The molecule has 0 radical (unpaired) electrons. The number of nitrogens with two attached hydrogens (primary N) is 1. The van der Waals surface area contributed by atoms with E-state index < -0.39 is 10.2 Å². The van der Waals surface area contributed by atoms with E-state index in [4.69, 9.17) is 9.98 Å². The van der Waals surface area contributed by atoms with Crippen molar-refractivity contribution in [3.63, 3.8) is 0 Å². The highest BCUT2D eigenvalue weighted by Gasteiger charge is 2.21. The Morgan fingerprint density at radius 3 is 2.32 bits per heavy atom. The first-order valence-electron chi connectivity index (χ1n) is 5.35. The Bertz CT molecular complexity index is 577. The monoisotopic (exact) mass is 280 g/mol. The summed E-state index contributed by atoms with van der Waals surface area (Å²) < 4.78 is 23.6. The fraction of sp³-hybridized carbons (Fsp3) is 0.0909. The Morgan fingerprint density at radius 1 is 1.11 bits per heavy atom. The van der Waals surface area contributed by atoms with Gasteiger partial charge in [0.05, 0.1) is 6.54 Å². The first-order valence-corrected chi connectivity index (χ1v) is 6.85. The topological polar surface area (TPSA) is 98.4 Å². The second-order valence-corrected chi connectivity index (χ2v) is 5.05. The largest absolute Gasteiger partial charge is 0.349 e. The highest BCUT2D eigenvalue weighted by molar-refractivity contribution is 7.86. The first-order chi connectivity index (χ1) is 9.05. The minimum Gasteiger partial charge on any atom is -0.349 e. The molecule has 0 saturated carbocycles. The SMILES string of the molecule is NS(=O)(=O)N(Cc1ccccc1)Oc1ncccn1. The van der Waals surface area contributed by atoms with Gasteiger partial charge in [-0.15, -0.1) is 0 Å². The molecule has 0 atom stereocenters. The van der Waals surface area contributed by atoms with Crippen molar-refractivity contribution >= 4 is 10.2 Å². The second-order valence-electron chi connectivity index (χ2n) is 3.61. The average Bonchev–Trinajstić information content (AvgIpc) is 2.39. The van der Waals surface area contributed by atoms with E-state index in [9.17, 15) is 8.42 Å². The number of aromatic nitrogens is 2. The molecule has 1 heterocycles. The van der Waals surface area contributed by atoms with Crippen LogP contribution < -0.4 is 9.98 Å². The highest BCUT2D eigenvalue weighted by Crippen LogP contribution is 2.10. The van der Waals surface area contributed by atoms with Gasteiger partial charge >= 0.3 is 16.2 Å². The Morgan fingerprint density at radius 2 is 1.74 bits per heavy atom. The molecule has 8 heteroatoms. The summed E-state index contributed by atoms with van der Waals surface area (Å²) in [5.74, 6) is 0. The Hall–Kier alpha value is -2.03. The van der Waals surface area contributed by atoms with Crippen molar-refractivity contribution in [3.05, 3.63) is 54.4 Å². The van der Waals surface area contributed by atoms with Crippen molar-refractivity contribution in [2.75, 3.05) is 0 Å². The van der Waals surface area contributed by atoms with E-state index in [-0.39, 0.29) is 12.6 Å². The van der Waals surface area contributed by atoms with Crippen molar-refractivity contribution in [1.82, 2.24) is 14.4 Å². The van der Waals surface area contributed by atoms with Crippen molar-refractivity contribution in [2.45, 2.75) is 6.54 Å². The third-order valence-electron chi connectivity index (χ3n) is 2.16. The van der Waals surface area contributed by atoms with Crippen LogP contribution in [0.15, 0.2) is 48.8 Å². The lowest BCUT2D eigenvalue weighted by atomic mass is 10.2. The first kappa shape index (κ1) is 13.4. The lowest BCUT2D eigenvalue weighted by Gasteiger charge is -2.17. The molecule has 0 bridgehead atoms. The minimum absolute atomic E-state index is 0.0298. The molecular formula is C11H12N4O3S. The molecule has 1 aromatic heterocycles. The molecule has 1 aromatic carbocycles. The van der Waals surface area contributed by atoms with Gasteiger partial charge in [-0.05, 0) is 16.1 Å². The van der Waals surface area contributed by atoms with Crippen LogP contribution in [0, 0.1) is 0 Å². The van der Waals surface area contributed by atoms with E-state index in [2.05, 4.69) is 9.97 Å². The van der Waals surface area contributed by atoms with Gasteiger partial charge in [-0.1, -0.05) is 30.3 Å². The van der Waals surface area contributed by atoms with Crippen molar-refractivity contribution in [1.29, 1.82) is 0 Å². The third kappa shape index (κ3) is 3.98. The molecule has 2 rings (SSSR count). The van der Waals surface area contributed by atoms with Gasteiger partial charge in [0.15, 0.2) is 0 Å². The summed E-state index contributed by atoms with van der Waals surface area (Å²) >= 11 is 0. The molecule has 2 N–H and O–H groups in total. The van der Waals surface area contributed by atoms with Crippen LogP contribution in [0.3, 0.4) is 0 Å². The summed E-state index contributed by atoms with van der Waals surface area (Å²) in [6.07, 6.45) is 2.87. The molecule has 0 aliphatic rings. The number of hydroxylamine groups is 1. The van der Waals surface area contributed by atoms with E-state index in [0.29, 0.717) is 4.47 Å². The predicted octanol–water partition coefficient (Wildman–Crippen LogP) is 0.476. The van der Waals surface area contributed by atoms with Crippen molar-refractivity contribution in [3.8, 4) is 6.01 Å². The standard InChI is InChI=1S/C11H12N4O3S/c12-19(16,17)15(9-10-5-2-1-3-6-10)18-11-13-7-4-8-14-11/h1-8H,9H2,(H2,12,16,17). The highest BCUT2D eigenvalue weighted by atomic mass is 32.2. The van der Waals surface area contributed by atoms with E-state index in [1.165, 1.54) is 12.4 Å². The molecule has 0 saturated heterocycles. The summed E-state index contributed by atoms with van der Waals surface area (Å²) in [7, 11) is -4.03. The summed E-state index contributed by atoms with van der Waals surface area (Å²) in [6.45, 7) is -0.0298. The van der Waals surface area contributed by atoms with Crippen LogP contribution in [0.1, 0.15) is 5.56 Å². The number of hydrogen-bond donors (Lipinski definition) is 1. The molecule has 7 nitrogen and oxygen atoms in total. The van der Waals surface area contributed by atoms with Crippen LogP contribution in [-0.2, 0) is 16.8 Å². The molecule has 0 spiro atoms. The molecule has 0 amide bonds. The number of benzene rings is 1. The summed E-state index contributed by atoms with van der Waals surface area (Å²) in [4.78, 5) is 12.6. The van der Waals surface area contributed by atoms with Crippen molar-refractivity contribution in [2.24, 2.45) is 5.14 Å². The van der Waals surface area contributed by atoms with E-state index in [1.54, 1.807) is 30.3 Å². The third-order valence-corrected chi connectivity index (χ3v) is 2.94. The molecular weight excluding hydrogens is 268 g/mol. The molecule has 2 aromatic rings. The smallest absolute Gasteiger partial charge is 0.337 e. The zero-order valence-corrected chi connectivity index (χ0v) is 10.7. The quantitative estimate of drug-likeness (QED) is 0.803. The fourth-order valence-corrected chi connectivity index (χ4v) is 1.83. The lowest BCUT2D eigenvalue weighted by molar-refractivity contribution is 0.0169. The number of hydrogen-bond acceptors (Lipinski definition) is 5. The van der Waals surface area contributed by atoms with Crippen LogP contribution in [0.5, 0.6) is 6.01 Å². The van der Waals surface area contributed by atoms with Gasteiger partial charge in [-0.2, -0.15) is 8.42 Å². The fourth-order valence-electron chi connectivity index (χ4n) is 1.33. The normalized spacial score (nSPS) is 11.5. The maximum atomic E-state index is 11.5. The van der Waals surface area contributed by atoms with Gasteiger partial charge in [0.25, 0.3) is 0 Å². The average molecular weight is 280 g/mol. The number of nitrogens with zero attached hydrogens (tertiary/aromatic N) is 3. The summed E-state index contributed by atoms with van der Waals surface area (Å²) in [5, 5.41) is 5.09. The van der Waals surface area contributed by atoms with Crippen molar-refractivity contribution < 1.29 is 13.3 Å². The minimum atomic E-state index is -4.03. The lowest BCUT2D eigenvalue weighted by Crippen LogP contribution is -2.39. The maximum Gasteiger partial charge on any atom is 0.337 e. The second kappa shape index (κ2) is 5.74. The van der Waals surface area contributed by atoms with Gasteiger partial charge < -0.3 is 4.84 Å². The van der Waals surface area contributed by atoms with Gasteiger partial charge in [0, 0.05) is 12.4 Å². The molecule has 19 heavy (non-hydrogen) atoms. The molecule has 0 aliphatic carbocycles. The Kier molecular flexibility index (Phi) is 4.05. The summed E-state index contributed by atoms with van der Waals surface area (Å²) in [6, 6.07) is 10.4. The van der Waals surface area contributed by atoms with Gasteiger partial charge in [0.1, 0.15) is 0 Å². The van der Waals surface area contributed by atoms with Crippen LogP contribution in [0.2, 0.25) is 0 Å². The molecule has 100 valence electrons.